The number of phenolic OH excluding ortho intramolecular Hbond substituents is 1. The third-order valence-corrected chi connectivity index (χ3v) is 7.44. The standard InChI is InChI=1S/C20H18N2O4S3/c1-12-9-14-10-18(22-29(24,25)19-3-2-8-28-19)16(11-17(14)21-20(27)26-12)13-4-6-15(23)7-5-13/h2-8,10-12,22-23H,9H2,1H3,(H,21,27). The summed E-state index contributed by atoms with van der Waals surface area (Å²) in [7, 11) is -3.73. The Balaban J connectivity index is 1.85. The van der Waals surface area contributed by atoms with E-state index in [0.29, 0.717) is 17.7 Å². The van der Waals surface area contributed by atoms with Gasteiger partial charge in [0.25, 0.3) is 15.2 Å². The highest BCUT2D eigenvalue weighted by Gasteiger charge is 2.23. The van der Waals surface area contributed by atoms with Gasteiger partial charge < -0.3 is 15.2 Å². The Morgan fingerprint density at radius 3 is 2.69 bits per heavy atom. The van der Waals surface area contributed by atoms with Crippen LogP contribution in [0.4, 0.5) is 11.4 Å². The van der Waals surface area contributed by atoms with E-state index in [-0.39, 0.29) is 21.2 Å². The monoisotopic (exact) mass is 446 g/mol. The number of benzene rings is 2. The Hall–Kier alpha value is -2.62. The van der Waals surface area contributed by atoms with E-state index in [1.165, 1.54) is 0 Å². The van der Waals surface area contributed by atoms with Crippen LogP contribution < -0.4 is 10.0 Å². The molecule has 0 fully saturated rings. The average molecular weight is 447 g/mol. The molecule has 0 aliphatic carbocycles. The van der Waals surface area contributed by atoms with Gasteiger partial charge in [0.1, 0.15) is 16.1 Å². The number of thiocarbonyl (C=S) groups is 1. The van der Waals surface area contributed by atoms with E-state index in [1.807, 2.05) is 19.1 Å². The first-order valence-electron chi connectivity index (χ1n) is 8.82. The van der Waals surface area contributed by atoms with Crippen LogP contribution in [0.3, 0.4) is 0 Å². The highest BCUT2D eigenvalue weighted by atomic mass is 32.2. The van der Waals surface area contributed by atoms with E-state index in [0.717, 1.165) is 28.2 Å². The number of thiophene rings is 1. The second kappa shape index (κ2) is 7.66. The number of aromatic hydroxyl groups is 1. The van der Waals surface area contributed by atoms with Gasteiger partial charge in [0.2, 0.25) is 0 Å². The van der Waals surface area contributed by atoms with Crippen LogP contribution in [0.1, 0.15) is 12.5 Å². The number of ether oxygens (including phenoxy) is 1. The maximum Gasteiger partial charge on any atom is 0.271 e. The molecule has 9 heteroatoms. The van der Waals surface area contributed by atoms with Gasteiger partial charge in [-0.05, 0) is 66.0 Å². The van der Waals surface area contributed by atoms with Crippen LogP contribution in [0, 0.1) is 0 Å². The summed E-state index contributed by atoms with van der Waals surface area (Å²) in [5, 5.41) is 14.7. The molecule has 3 N–H and O–H groups in total. The zero-order valence-electron chi connectivity index (χ0n) is 15.4. The highest BCUT2D eigenvalue weighted by molar-refractivity contribution is 7.94. The molecule has 29 heavy (non-hydrogen) atoms. The van der Waals surface area contributed by atoms with Gasteiger partial charge in [0.05, 0.1) is 5.69 Å². The van der Waals surface area contributed by atoms with Gasteiger partial charge >= 0.3 is 0 Å². The molecular weight excluding hydrogens is 428 g/mol. The molecule has 0 saturated heterocycles. The summed E-state index contributed by atoms with van der Waals surface area (Å²) in [4.78, 5) is 0. The SMILES string of the molecule is CC1Cc2cc(NS(=O)(=O)c3cccs3)c(-c3ccc(O)cc3)cc2NC(=S)O1. The summed E-state index contributed by atoms with van der Waals surface area (Å²) < 4.78 is 34.3. The first-order chi connectivity index (χ1) is 13.8. The van der Waals surface area contributed by atoms with Crippen molar-refractivity contribution >= 4 is 50.1 Å². The largest absolute Gasteiger partial charge is 0.508 e. The van der Waals surface area contributed by atoms with Crippen LogP contribution in [0.5, 0.6) is 5.75 Å². The number of hydrogen-bond acceptors (Lipinski definition) is 6. The van der Waals surface area contributed by atoms with Crippen LogP contribution in [0.25, 0.3) is 11.1 Å². The molecule has 0 radical (unpaired) electrons. The summed E-state index contributed by atoms with van der Waals surface area (Å²) in [5.74, 6) is 0.130. The van der Waals surface area contributed by atoms with Crippen molar-refractivity contribution in [3.63, 3.8) is 0 Å². The van der Waals surface area contributed by atoms with Gasteiger partial charge in [-0.2, -0.15) is 0 Å². The van der Waals surface area contributed by atoms with Crippen LogP contribution in [-0.4, -0.2) is 24.8 Å². The molecule has 0 spiro atoms. The lowest BCUT2D eigenvalue weighted by Crippen LogP contribution is -2.16. The maximum atomic E-state index is 12.9. The van der Waals surface area contributed by atoms with Crippen molar-refractivity contribution in [3.05, 3.63) is 59.5 Å². The first-order valence-corrected chi connectivity index (χ1v) is 11.6. The second-order valence-electron chi connectivity index (χ2n) is 6.68. The van der Waals surface area contributed by atoms with Crippen LogP contribution in [0.15, 0.2) is 58.1 Å². The van der Waals surface area contributed by atoms with Crippen molar-refractivity contribution in [2.75, 3.05) is 10.0 Å². The molecule has 0 saturated carbocycles. The average Bonchev–Trinajstić information content (AvgIpc) is 3.15. The third-order valence-electron chi connectivity index (χ3n) is 4.48. The van der Waals surface area contributed by atoms with Crippen molar-refractivity contribution in [1.82, 2.24) is 0 Å². The molecule has 6 nitrogen and oxygen atoms in total. The lowest BCUT2D eigenvalue weighted by atomic mass is 9.97. The van der Waals surface area contributed by atoms with Gasteiger partial charge in [0.15, 0.2) is 0 Å². The molecular formula is C20H18N2O4S3. The van der Waals surface area contributed by atoms with E-state index in [1.54, 1.807) is 41.8 Å². The fourth-order valence-corrected chi connectivity index (χ4v) is 5.52. The molecule has 1 aromatic heterocycles. The highest BCUT2D eigenvalue weighted by Crippen LogP contribution is 2.37. The lowest BCUT2D eigenvalue weighted by Gasteiger charge is -2.17. The van der Waals surface area contributed by atoms with E-state index >= 15 is 0 Å². The minimum absolute atomic E-state index is 0.130. The molecule has 1 aliphatic rings. The van der Waals surface area contributed by atoms with E-state index in [9.17, 15) is 13.5 Å². The fourth-order valence-electron chi connectivity index (χ4n) is 3.18. The number of anilines is 2. The smallest absolute Gasteiger partial charge is 0.271 e. The summed E-state index contributed by atoms with van der Waals surface area (Å²) in [5.41, 5.74) is 3.52. The Kier molecular flexibility index (Phi) is 5.20. The molecule has 3 aromatic rings. The number of nitrogens with one attached hydrogen (secondary N) is 2. The third kappa shape index (κ3) is 4.21. The van der Waals surface area contributed by atoms with Gasteiger partial charge in [0, 0.05) is 17.7 Å². The number of fused-ring (bicyclic) bond motifs is 1. The maximum absolute atomic E-state index is 12.9. The summed E-state index contributed by atoms with van der Waals surface area (Å²) >= 11 is 6.37. The summed E-state index contributed by atoms with van der Waals surface area (Å²) in [6.07, 6.45) is 0.434. The zero-order chi connectivity index (χ0) is 20.6. The number of sulfonamides is 1. The second-order valence-corrected chi connectivity index (χ2v) is 9.91. The summed E-state index contributed by atoms with van der Waals surface area (Å²) in [6, 6.07) is 13.5. The molecule has 1 atom stereocenters. The van der Waals surface area contributed by atoms with Crippen molar-refractivity contribution in [2.24, 2.45) is 0 Å². The topological polar surface area (TPSA) is 87.7 Å². The van der Waals surface area contributed by atoms with Crippen molar-refractivity contribution in [3.8, 4) is 16.9 Å². The molecule has 2 aromatic carbocycles. The molecule has 0 amide bonds. The molecule has 1 unspecified atom stereocenters. The van der Waals surface area contributed by atoms with Crippen molar-refractivity contribution in [1.29, 1.82) is 0 Å². The van der Waals surface area contributed by atoms with Crippen LogP contribution >= 0.6 is 23.6 Å². The van der Waals surface area contributed by atoms with Gasteiger partial charge in [-0.25, -0.2) is 8.42 Å². The normalized spacial score (nSPS) is 16.3. The lowest BCUT2D eigenvalue weighted by molar-refractivity contribution is 0.217. The van der Waals surface area contributed by atoms with Crippen molar-refractivity contribution < 1.29 is 18.3 Å². The number of hydrogen-bond donors (Lipinski definition) is 3. The Morgan fingerprint density at radius 2 is 2.00 bits per heavy atom. The predicted molar refractivity (Wildman–Crippen MR) is 119 cm³/mol. The van der Waals surface area contributed by atoms with Crippen molar-refractivity contribution in [2.45, 2.75) is 23.7 Å². The molecule has 0 bridgehead atoms. The summed E-state index contributed by atoms with van der Waals surface area (Å²) in [6.45, 7) is 1.91. The van der Waals surface area contributed by atoms with Gasteiger partial charge in [-0.15, -0.1) is 11.3 Å². The quantitative estimate of drug-likeness (QED) is 0.509. The van der Waals surface area contributed by atoms with E-state index in [4.69, 9.17) is 17.0 Å². The van der Waals surface area contributed by atoms with Gasteiger partial charge in [-0.3, -0.25) is 4.72 Å². The Labute approximate surface area is 178 Å². The Morgan fingerprint density at radius 1 is 1.24 bits per heavy atom. The molecule has 2 heterocycles. The molecule has 4 rings (SSSR count). The fraction of sp³-hybridized carbons (Fsp3) is 0.150. The van der Waals surface area contributed by atoms with E-state index in [2.05, 4.69) is 10.0 Å². The predicted octanol–water partition coefficient (Wildman–Crippen LogP) is 4.58. The minimum Gasteiger partial charge on any atom is -0.508 e. The minimum atomic E-state index is -3.73. The number of phenols is 1. The van der Waals surface area contributed by atoms with Gasteiger partial charge in [-0.1, -0.05) is 18.2 Å². The Bertz CT molecular complexity index is 1160. The molecule has 1 aliphatic heterocycles. The number of rotatable bonds is 4. The zero-order valence-corrected chi connectivity index (χ0v) is 17.8. The van der Waals surface area contributed by atoms with Crippen LogP contribution in [-0.2, 0) is 21.2 Å². The first kappa shape index (κ1) is 19.7. The molecule has 150 valence electrons. The van der Waals surface area contributed by atoms with E-state index < -0.39 is 10.0 Å². The van der Waals surface area contributed by atoms with Crippen LogP contribution in [0.2, 0.25) is 0 Å².